The van der Waals surface area contributed by atoms with Gasteiger partial charge in [0.05, 0.1) is 6.54 Å². The Bertz CT molecular complexity index is 644. The molecule has 0 aromatic heterocycles. The van der Waals surface area contributed by atoms with E-state index in [0.29, 0.717) is 11.4 Å². The van der Waals surface area contributed by atoms with E-state index < -0.39 is 0 Å². The smallest absolute Gasteiger partial charge is 0.319 e. The SMILES string of the molecule is COCC(=O)Nc1cccc(NC(=O)NC2CCN(CC(N)=O)CC2)c1. The molecule has 9 nitrogen and oxygen atoms in total. The molecule has 0 bridgehead atoms. The van der Waals surface area contributed by atoms with E-state index in [1.54, 1.807) is 24.3 Å². The molecule has 26 heavy (non-hydrogen) atoms. The van der Waals surface area contributed by atoms with Gasteiger partial charge in [0, 0.05) is 37.6 Å². The Hall–Kier alpha value is -2.65. The monoisotopic (exact) mass is 363 g/mol. The summed E-state index contributed by atoms with van der Waals surface area (Å²) in [4.78, 5) is 36.6. The number of benzene rings is 1. The van der Waals surface area contributed by atoms with Crippen molar-refractivity contribution in [1.82, 2.24) is 10.2 Å². The van der Waals surface area contributed by atoms with Crippen molar-refractivity contribution in [3.8, 4) is 0 Å². The molecule has 0 spiro atoms. The van der Waals surface area contributed by atoms with Gasteiger partial charge in [0.1, 0.15) is 6.61 Å². The van der Waals surface area contributed by atoms with Crippen LogP contribution >= 0.6 is 0 Å². The number of hydrogen-bond donors (Lipinski definition) is 4. The molecule has 1 aromatic carbocycles. The molecule has 1 aliphatic rings. The van der Waals surface area contributed by atoms with Crippen molar-refractivity contribution in [3.05, 3.63) is 24.3 Å². The number of ether oxygens (including phenoxy) is 1. The lowest BCUT2D eigenvalue weighted by molar-refractivity contribution is -0.120. The molecule has 0 atom stereocenters. The number of nitrogens with zero attached hydrogens (tertiary/aromatic N) is 1. The molecule has 2 rings (SSSR count). The molecule has 0 radical (unpaired) electrons. The predicted octanol–water partition coefficient (Wildman–Crippen LogP) is 0.343. The standard InChI is InChI=1S/C17H25N5O4/c1-26-11-16(24)19-13-3-2-4-14(9-13)21-17(25)20-12-5-7-22(8-6-12)10-15(18)23/h2-4,9,12H,5-8,10-11H2,1H3,(H2,18,23)(H,19,24)(H2,20,21,25). The Labute approximate surface area is 152 Å². The van der Waals surface area contributed by atoms with Crippen LogP contribution in [0, 0.1) is 0 Å². The van der Waals surface area contributed by atoms with E-state index in [2.05, 4.69) is 16.0 Å². The maximum absolute atomic E-state index is 12.2. The average molecular weight is 363 g/mol. The van der Waals surface area contributed by atoms with Crippen molar-refractivity contribution >= 4 is 29.2 Å². The Balaban J connectivity index is 1.79. The molecule has 142 valence electrons. The summed E-state index contributed by atoms with van der Waals surface area (Å²) in [6.07, 6.45) is 1.52. The van der Waals surface area contributed by atoms with Gasteiger partial charge >= 0.3 is 6.03 Å². The van der Waals surface area contributed by atoms with Crippen LogP contribution in [0.5, 0.6) is 0 Å². The maximum Gasteiger partial charge on any atom is 0.319 e. The molecule has 9 heteroatoms. The third kappa shape index (κ3) is 6.69. The first-order chi connectivity index (χ1) is 12.5. The van der Waals surface area contributed by atoms with Gasteiger partial charge < -0.3 is 26.4 Å². The lowest BCUT2D eigenvalue weighted by atomic mass is 10.1. The molecule has 5 N–H and O–H groups in total. The van der Waals surface area contributed by atoms with Crippen molar-refractivity contribution < 1.29 is 19.1 Å². The van der Waals surface area contributed by atoms with Crippen LogP contribution in [-0.2, 0) is 14.3 Å². The highest BCUT2D eigenvalue weighted by atomic mass is 16.5. The van der Waals surface area contributed by atoms with Crippen molar-refractivity contribution in [3.63, 3.8) is 0 Å². The molecular weight excluding hydrogens is 338 g/mol. The van der Waals surface area contributed by atoms with E-state index in [-0.39, 0.29) is 37.0 Å². The summed E-state index contributed by atoms with van der Waals surface area (Å²) in [5.41, 5.74) is 6.34. The average Bonchev–Trinajstić information content (AvgIpc) is 2.56. The molecule has 1 saturated heterocycles. The zero-order chi connectivity index (χ0) is 18.9. The highest BCUT2D eigenvalue weighted by Gasteiger charge is 2.21. The fraction of sp³-hybridized carbons (Fsp3) is 0.471. The summed E-state index contributed by atoms with van der Waals surface area (Å²) >= 11 is 0. The fourth-order valence-corrected chi connectivity index (χ4v) is 2.81. The zero-order valence-electron chi connectivity index (χ0n) is 14.8. The number of hydrogen-bond acceptors (Lipinski definition) is 5. The first-order valence-corrected chi connectivity index (χ1v) is 8.43. The summed E-state index contributed by atoms with van der Waals surface area (Å²) in [5.74, 6) is -0.608. The molecular formula is C17H25N5O4. The lowest BCUT2D eigenvalue weighted by Crippen LogP contribution is -2.47. The summed E-state index contributed by atoms with van der Waals surface area (Å²) in [7, 11) is 1.44. The van der Waals surface area contributed by atoms with Gasteiger partial charge in [0.25, 0.3) is 0 Å². The number of rotatable bonds is 7. The van der Waals surface area contributed by atoms with E-state index in [1.165, 1.54) is 7.11 Å². The zero-order valence-corrected chi connectivity index (χ0v) is 14.8. The number of nitrogens with two attached hydrogens (primary N) is 1. The van der Waals surface area contributed by atoms with Gasteiger partial charge in [-0.15, -0.1) is 0 Å². The summed E-state index contributed by atoms with van der Waals surface area (Å²) in [6.45, 7) is 1.65. The number of anilines is 2. The van der Waals surface area contributed by atoms with Crippen LogP contribution in [0.4, 0.5) is 16.2 Å². The van der Waals surface area contributed by atoms with Crippen molar-refractivity contribution in [2.45, 2.75) is 18.9 Å². The minimum Gasteiger partial charge on any atom is -0.375 e. The Morgan fingerprint density at radius 1 is 1.19 bits per heavy atom. The first-order valence-electron chi connectivity index (χ1n) is 8.43. The fourth-order valence-electron chi connectivity index (χ4n) is 2.81. The number of piperidine rings is 1. The van der Waals surface area contributed by atoms with E-state index in [0.717, 1.165) is 25.9 Å². The molecule has 0 unspecified atom stereocenters. The van der Waals surface area contributed by atoms with Crippen LogP contribution < -0.4 is 21.7 Å². The van der Waals surface area contributed by atoms with E-state index in [4.69, 9.17) is 10.5 Å². The van der Waals surface area contributed by atoms with Crippen LogP contribution in [0.2, 0.25) is 0 Å². The topological polar surface area (TPSA) is 126 Å². The maximum atomic E-state index is 12.2. The summed E-state index contributed by atoms with van der Waals surface area (Å²) in [6, 6.07) is 6.61. The number of methoxy groups -OCH3 is 1. The van der Waals surface area contributed by atoms with Gasteiger partial charge in [0.2, 0.25) is 11.8 Å². The molecule has 0 aliphatic carbocycles. The molecule has 1 aromatic rings. The normalized spacial score (nSPS) is 15.3. The minimum absolute atomic E-state index is 0.0351. The second kappa shape index (κ2) is 9.73. The van der Waals surface area contributed by atoms with Gasteiger partial charge in [-0.25, -0.2) is 4.79 Å². The molecule has 1 aliphatic heterocycles. The second-order valence-electron chi connectivity index (χ2n) is 6.18. The van der Waals surface area contributed by atoms with Gasteiger partial charge in [0.15, 0.2) is 0 Å². The number of likely N-dealkylation sites (tertiary alicyclic amines) is 1. The van der Waals surface area contributed by atoms with Crippen LogP contribution in [0.3, 0.4) is 0 Å². The highest BCUT2D eigenvalue weighted by molar-refractivity contribution is 5.94. The van der Waals surface area contributed by atoms with E-state index in [9.17, 15) is 14.4 Å². The van der Waals surface area contributed by atoms with Crippen LogP contribution in [0.15, 0.2) is 24.3 Å². The van der Waals surface area contributed by atoms with Crippen LogP contribution in [0.25, 0.3) is 0 Å². The molecule has 0 saturated carbocycles. The largest absolute Gasteiger partial charge is 0.375 e. The van der Waals surface area contributed by atoms with E-state index in [1.807, 2.05) is 4.90 Å². The number of primary amides is 1. The molecule has 4 amide bonds. The van der Waals surface area contributed by atoms with E-state index >= 15 is 0 Å². The summed E-state index contributed by atoms with van der Waals surface area (Å²) in [5, 5.41) is 8.36. The predicted molar refractivity (Wildman–Crippen MR) is 97.8 cm³/mol. The number of carbonyl (C=O) groups is 3. The Kier molecular flexibility index (Phi) is 7.37. The second-order valence-corrected chi connectivity index (χ2v) is 6.18. The van der Waals surface area contributed by atoms with Gasteiger partial charge in [-0.05, 0) is 31.0 Å². The van der Waals surface area contributed by atoms with Crippen molar-refractivity contribution in [2.24, 2.45) is 5.73 Å². The Morgan fingerprint density at radius 2 is 1.85 bits per heavy atom. The molecule has 1 heterocycles. The third-order valence-corrected chi connectivity index (χ3v) is 3.98. The van der Waals surface area contributed by atoms with Gasteiger partial charge in [-0.2, -0.15) is 0 Å². The highest BCUT2D eigenvalue weighted by Crippen LogP contribution is 2.15. The van der Waals surface area contributed by atoms with Gasteiger partial charge in [-0.1, -0.05) is 6.07 Å². The molecule has 1 fully saturated rings. The number of amides is 4. The number of urea groups is 1. The number of carbonyl (C=O) groups excluding carboxylic acids is 3. The number of nitrogens with one attached hydrogen (secondary N) is 3. The van der Waals surface area contributed by atoms with Crippen molar-refractivity contribution in [1.29, 1.82) is 0 Å². The van der Waals surface area contributed by atoms with Crippen LogP contribution in [0.1, 0.15) is 12.8 Å². The van der Waals surface area contributed by atoms with Gasteiger partial charge in [-0.3, -0.25) is 14.5 Å². The van der Waals surface area contributed by atoms with Crippen LogP contribution in [-0.4, -0.2) is 62.1 Å². The summed E-state index contributed by atoms with van der Waals surface area (Å²) < 4.78 is 4.76. The van der Waals surface area contributed by atoms with Crippen molar-refractivity contribution in [2.75, 3.05) is 44.0 Å². The Morgan fingerprint density at radius 3 is 2.46 bits per heavy atom. The lowest BCUT2D eigenvalue weighted by Gasteiger charge is -2.31. The first kappa shape index (κ1) is 19.7. The quantitative estimate of drug-likeness (QED) is 0.556. The minimum atomic E-state index is -0.341. The third-order valence-electron chi connectivity index (χ3n) is 3.98.